The average molecular weight is 250 g/mol. The van der Waals surface area contributed by atoms with Gasteiger partial charge in [-0.2, -0.15) is 0 Å². The fourth-order valence-corrected chi connectivity index (χ4v) is 4.70. The monoisotopic (exact) mass is 250 g/mol. The fourth-order valence-electron chi connectivity index (χ4n) is 4.70. The Morgan fingerprint density at radius 3 is 2.56 bits per heavy atom. The van der Waals surface area contributed by atoms with E-state index in [1.54, 1.807) is 0 Å². The summed E-state index contributed by atoms with van der Waals surface area (Å²) in [6.45, 7) is 9.01. The van der Waals surface area contributed by atoms with Crippen LogP contribution in [0.5, 0.6) is 0 Å². The lowest BCUT2D eigenvalue weighted by Crippen LogP contribution is -2.63. The maximum Gasteiger partial charge on any atom is 0.0226 e. The second-order valence-corrected chi connectivity index (χ2v) is 7.06. The van der Waals surface area contributed by atoms with Crippen molar-refractivity contribution in [2.75, 3.05) is 19.6 Å². The lowest BCUT2D eigenvalue weighted by molar-refractivity contribution is -0.0402. The highest BCUT2D eigenvalue weighted by atomic mass is 15.3. The molecule has 0 amide bonds. The van der Waals surface area contributed by atoms with Crippen molar-refractivity contribution in [2.24, 2.45) is 0 Å². The first-order valence-corrected chi connectivity index (χ1v) is 8.24. The maximum atomic E-state index is 2.93. The molecule has 2 heteroatoms. The minimum Gasteiger partial charge on any atom is -0.298 e. The van der Waals surface area contributed by atoms with Crippen molar-refractivity contribution in [3.05, 3.63) is 0 Å². The smallest absolute Gasteiger partial charge is 0.0226 e. The molecule has 1 saturated carbocycles. The third kappa shape index (κ3) is 2.22. The van der Waals surface area contributed by atoms with Crippen molar-refractivity contribution in [1.82, 2.24) is 9.80 Å². The molecule has 0 radical (unpaired) electrons. The highest BCUT2D eigenvalue weighted by molar-refractivity contribution is 4.99. The first kappa shape index (κ1) is 12.9. The summed E-state index contributed by atoms with van der Waals surface area (Å²) < 4.78 is 0. The van der Waals surface area contributed by atoms with Crippen LogP contribution in [0.25, 0.3) is 0 Å². The molecular weight excluding hydrogens is 220 g/mol. The molecule has 2 unspecified atom stereocenters. The highest BCUT2D eigenvalue weighted by Gasteiger charge is 2.43. The SMILES string of the molecule is CCC1CN2CCCC2CN1C1(C)CCCCC1. The van der Waals surface area contributed by atoms with Gasteiger partial charge in [0, 0.05) is 30.7 Å². The number of fused-ring (bicyclic) bond motifs is 1. The van der Waals surface area contributed by atoms with E-state index in [1.807, 2.05) is 0 Å². The maximum absolute atomic E-state index is 2.93. The average Bonchev–Trinajstić information content (AvgIpc) is 2.85. The van der Waals surface area contributed by atoms with E-state index >= 15 is 0 Å². The summed E-state index contributed by atoms with van der Waals surface area (Å²) in [5.41, 5.74) is 0.521. The van der Waals surface area contributed by atoms with Gasteiger partial charge in [0.05, 0.1) is 0 Å². The van der Waals surface area contributed by atoms with Crippen molar-refractivity contribution in [1.29, 1.82) is 0 Å². The minimum atomic E-state index is 0.521. The van der Waals surface area contributed by atoms with Gasteiger partial charge in [-0.15, -0.1) is 0 Å². The van der Waals surface area contributed by atoms with E-state index in [9.17, 15) is 0 Å². The summed E-state index contributed by atoms with van der Waals surface area (Å²) in [6, 6.07) is 1.70. The Kier molecular flexibility index (Phi) is 3.68. The van der Waals surface area contributed by atoms with Gasteiger partial charge in [0.1, 0.15) is 0 Å². The minimum absolute atomic E-state index is 0.521. The number of rotatable bonds is 2. The predicted octanol–water partition coefficient (Wildman–Crippen LogP) is 3.27. The number of nitrogens with zero attached hydrogens (tertiary/aromatic N) is 2. The quantitative estimate of drug-likeness (QED) is 0.742. The lowest BCUT2D eigenvalue weighted by atomic mass is 9.80. The van der Waals surface area contributed by atoms with Crippen LogP contribution in [-0.2, 0) is 0 Å². The van der Waals surface area contributed by atoms with E-state index in [1.165, 1.54) is 71.0 Å². The molecule has 3 rings (SSSR count). The summed E-state index contributed by atoms with van der Waals surface area (Å²) in [6.07, 6.45) is 11.5. The summed E-state index contributed by atoms with van der Waals surface area (Å²) in [4.78, 5) is 5.70. The topological polar surface area (TPSA) is 6.48 Å². The van der Waals surface area contributed by atoms with Gasteiger partial charge in [0.25, 0.3) is 0 Å². The zero-order valence-electron chi connectivity index (χ0n) is 12.3. The molecule has 3 aliphatic rings. The van der Waals surface area contributed by atoms with Crippen LogP contribution in [0.2, 0.25) is 0 Å². The van der Waals surface area contributed by atoms with E-state index in [4.69, 9.17) is 0 Å². The molecule has 3 fully saturated rings. The molecule has 2 heterocycles. The van der Waals surface area contributed by atoms with Crippen LogP contribution in [-0.4, -0.2) is 47.1 Å². The Hall–Kier alpha value is -0.0800. The zero-order valence-corrected chi connectivity index (χ0v) is 12.3. The molecule has 2 atom stereocenters. The molecule has 0 aromatic heterocycles. The van der Waals surface area contributed by atoms with Crippen LogP contribution in [0.3, 0.4) is 0 Å². The second-order valence-electron chi connectivity index (χ2n) is 7.06. The molecule has 2 nitrogen and oxygen atoms in total. The van der Waals surface area contributed by atoms with Crippen LogP contribution in [0.15, 0.2) is 0 Å². The normalized spacial score (nSPS) is 37.7. The van der Waals surface area contributed by atoms with Crippen molar-refractivity contribution in [2.45, 2.75) is 82.8 Å². The number of hydrogen-bond donors (Lipinski definition) is 0. The molecule has 0 N–H and O–H groups in total. The first-order chi connectivity index (χ1) is 8.73. The fraction of sp³-hybridized carbons (Fsp3) is 1.00. The van der Waals surface area contributed by atoms with Crippen molar-refractivity contribution < 1.29 is 0 Å². The molecular formula is C16H30N2. The molecule has 0 aromatic rings. The van der Waals surface area contributed by atoms with Crippen molar-refractivity contribution in [3.8, 4) is 0 Å². The molecule has 18 heavy (non-hydrogen) atoms. The van der Waals surface area contributed by atoms with Gasteiger partial charge in [-0.25, -0.2) is 0 Å². The van der Waals surface area contributed by atoms with Crippen LogP contribution < -0.4 is 0 Å². The molecule has 0 spiro atoms. The van der Waals surface area contributed by atoms with Gasteiger partial charge in [-0.3, -0.25) is 9.80 Å². The van der Waals surface area contributed by atoms with E-state index in [-0.39, 0.29) is 0 Å². The standard InChI is InChI=1S/C16H30N2/c1-3-14-12-17-11-7-8-15(17)13-18(14)16(2)9-5-4-6-10-16/h14-15H,3-13H2,1-2H3. The van der Waals surface area contributed by atoms with Crippen LogP contribution in [0.4, 0.5) is 0 Å². The van der Waals surface area contributed by atoms with E-state index in [0.29, 0.717) is 5.54 Å². The molecule has 2 aliphatic heterocycles. The van der Waals surface area contributed by atoms with E-state index in [0.717, 1.165) is 12.1 Å². The number of piperazine rings is 1. The van der Waals surface area contributed by atoms with Gasteiger partial charge in [0.15, 0.2) is 0 Å². The molecule has 2 saturated heterocycles. The summed E-state index contributed by atoms with van der Waals surface area (Å²) >= 11 is 0. The van der Waals surface area contributed by atoms with Crippen molar-refractivity contribution >= 4 is 0 Å². The summed E-state index contributed by atoms with van der Waals surface area (Å²) in [5.74, 6) is 0. The zero-order chi connectivity index (χ0) is 12.6. The molecule has 0 bridgehead atoms. The van der Waals surface area contributed by atoms with Gasteiger partial charge in [-0.05, 0) is 45.6 Å². The summed E-state index contributed by atoms with van der Waals surface area (Å²) in [7, 11) is 0. The third-order valence-corrected chi connectivity index (χ3v) is 5.89. The van der Waals surface area contributed by atoms with Gasteiger partial charge in [-0.1, -0.05) is 26.2 Å². The molecule has 0 aromatic carbocycles. The Balaban J connectivity index is 1.75. The number of hydrogen-bond acceptors (Lipinski definition) is 2. The molecule has 1 aliphatic carbocycles. The van der Waals surface area contributed by atoms with Gasteiger partial charge in [0.2, 0.25) is 0 Å². The highest BCUT2D eigenvalue weighted by Crippen LogP contribution is 2.38. The lowest BCUT2D eigenvalue weighted by Gasteiger charge is -2.53. The van der Waals surface area contributed by atoms with Gasteiger partial charge < -0.3 is 0 Å². The Labute approximate surface area is 113 Å². The van der Waals surface area contributed by atoms with Crippen molar-refractivity contribution in [3.63, 3.8) is 0 Å². The van der Waals surface area contributed by atoms with E-state index < -0.39 is 0 Å². The van der Waals surface area contributed by atoms with Crippen LogP contribution in [0, 0.1) is 0 Å². The first-order valence-electron chi connectivity index (χ1n) is 8.24. The Bertz CT molecular complexity index is 283. The van der Waals surface area contributed by atoms with E-state index in [2.05, 4.69) is 23.6 Å². The van der Waals surface area contributed by atoms with Crippen LogP contribution in [0.1, 0.15) is 65.2 Å². The largest absolute Gasteiger partial charge is 0.298 e. The Morgan fingerprint density at radius 2 is 1.83 bits per heavy atom. The van der Waals surface area contributed by atoms with Crippen LogP contribution >= 0.6 is 0 Å². The summed E-state index contributed by atoms with van der Waals surface area (Å²) in [5, 5.41) is 0. The van der Waals surface area contributed by atoms with Gasteiger partial charge >= 0.3 is 0 Å². The molecule has 104 valence electrons. The second kappa shape index (κ2) is 5.13. The Morgan fingerprint density at radius 1 is 1.06 bits per heavy atom. The third-order valence-electron chi connectivity index (χ3n) is 5.89. The predicted molar refractivity (Wildman–Crippen MR) is 76.9 cm³/mol.